The van der Waals surface area contributed by atoms with Gasteiger partial charge in [0.15, 0.2) is 16.6 Å². The van der Waals surface area contributed by atoms with Gasteiger partial charge in [-0.1, -0.05) is 13.1 Å². The molecule has 0 aliphatic rings. The van der Waals surface area contributed by atoms with E-state index in [-0.39, 0.29) is 12.6 Å². The van der Waals surface area contributed by atoms with E-state index in [0.29, 0.717) is 11.6 Å². The average molecular weight is 381 g/mol. The Morgan fingerprint density at radius 1 is 1.05 bits per heavy atom. The molecule has 0 saturated carbocycles. The second-order valence-electron chi connectivity index (χ2n) is 7.21. The normalized spacial score (nSPS) is 13.6. The molecule has 0 spiro atoms. The Kier molecular flexibility index (Phi) is 8.69. The molecule has 0 amide bonds. The molecule has 0 aliphatic carbocycles. The van der Waals surface area contributed by atoms with Crippen molar-refractivity contribution in [2.75, 3.05) is 6.61 Å². The molecule has 0 aliphatic heterocycles. The maximum atomic E-state index is 11.6. The van der Waals surface area contributed by atoms with Crippen LogP contribution in [0.1, 0.15) is 6.92 Å². The van der Waals surface area contributed by atoms with Gasteiger partial charge in [0.25, 0.3) is 0 Å². The van der Waals surface area contributed by atoms with Gasteiger partial charge in [0.2, 0.25) is 0 Å². The molecular weight excluding hydrogens is 348 g/mol. The van der Waals surface area contributed by atoms with Crippen LogP contribution in [0.3, 0.4) is 0 Å². The summed E-state index contributed by atoms with van der Waals surface area (Å²) >= 11 is 0. The number of carbonyl (C=O) groups is 1. The summed E-state index contributed by atoms with van der Waals surface area (Å²) in [6.45, 7) is 20.3. The zero-order valence-electron chi connectivity index (χ0n) is 15.4. The van der Waals surface area contributed by atoms with E-state index >= 15 is 0 Å². The lowest BCUT2D eigenvalue weighted by molar-refractivity contribution is -0.138. The molecule has 9 heteroatoms. The van der Waals surface area contributed by atoms with Crippen molar-refractivity contribution in [1.82, 2.24) is 0 Å². The summed E-state index contributed by atoms with van der Waals surface area (Å²) in [4.78, 5) is 11.6. The third-order valence-electron chi connectivity index (χ3n) is 2.28. The van der Waals surface area contributed by atoms with Gasteiger partial charge in [0.05, 0.1) is 6.61 Å². The Balaban J connectivity index is 5.09. The van der Waals surface area contributed by atoms with E-state index in [1.807, 2.05) is 0 Å². The fourth-order valence-corrected chi connectivity index (χ4v) is 14.8. The van der Waals surface area contributed by atoms with Crippen LogP contribution in [0.15, 0.2) is 12.2 Å². The first-order valence-corrected chi connectivity index (χ1v) is 18.4. The summed E-state index contributed by atoms with van der Waals surface area (Å²) in [7, 11) is -7.14. The van der Waals surface area contributed by atoms with Crippen LogP contribution in [-0.4, -0.2) is 47.8 Å². The molecule has 0 atom stereocenters. The molecule has 0 saturated heterocycles. The van der Waals surface area contributed by atoms with Crippen LogP contribution < -0.4 is 0 Å². The Bertz CT molecular complexity index is 371. The van der Waals surface area contributed by atoms with E-state index in [9.17, 15) is 4.79 Å². The van der Waals surface area contributed by atoms with Gasteiger partial charge in [-0.05, 0) is 46.2 Å². The first kappa shape index (κ1) is 22.0. The lowest BCUT2D eigenvalue weighted by atomic mass is 10.4. The molecule has 0 aromatic rings. The number of rotatable bonds is 10. The largest absolute Gasteiger partial charge is 0.472 e. The van der Waals surface area contributed by atoms with Crippen LogP contribution >= 0.6 is 0 Å². The van der Waals surface area contributed by atoms with Crippen molar-refractivity contribution in [3.05, 3.63) is 12.2 Å². The number of ether oxygens (including phenoxy) is 1. The van der Waals surface area contributed by atoms with Gasteiger partial charge in [0.1, 0.15) is 9.76 Å². The molecule has 0 aromatic heterocycles. The van der Waals surface area contributed by atoms with Crippen LogP contribution in [0.4, 0.5) is 0 Å². The average Bonchev–Trinajstić information content (AvgIpc) is 2.23. The van der Waals surface area contributed by atoms with Crippen molar-refractivity contribution in [2.45, 2.75) is 58.8 Å². The van der Waals surface area contributed by atoms with Crippen molar-refractivity contribution in [3.8, 4) is 0 Å². The molecule has 0 N–H and O–H groups in total. The monoisotopic (exact) mass is 380 g/mol. The van der Waals surface area contributed by atoms with Gasteiger partial charge in [-0.25, -0.2) is 4.79 Å². The lowest BCUT2D eigenvalue weighted by Crippen LogP contribution is -2.57. The minimum atomic E-state index is -2.79. The Morgan fingerprint density at radius 2 is 1.50 bits per heavy atom. The van der Waals surface area contributed by atoms with Crippen LogP contribution in [0.2, 0.25) is 51.9 Å². The highest BCUT2D eigenvalue weighted by Crippen LogP contribution is 2.25. The molecule has 0 radical (unpaired) electrons. The molecule has 0 aromatic carbocycles. The molecule has 0 heterocycles. The van der Waals surface area contributed by atoms with Gasteiger partial charge >= 0.3 is 14.8 Å². The van der Waals surface area contributed by atoms with Gasteiger partial charge in [-0.2, -0.15) is 0 Å². The minimum Gasteiger partial charge on any atom is -0.462 e. The van der Waals surface area contributed by atoms with Crippen LogP contribution in [0, 0.1) is 0 Å². The summed E-state index contributed by atoms with van der Waals surface area (Å²) in [5.41, 5.74) is 0.398. The molecule has 0 rings (SSSR count). The smallest absolute Gasteiger partial charge is 0.462 e. The third kappa shape index (κ3) is 9.87. The minimum absolute atomic E-state index is 0.251. The summed E-state index contributed by atoms with van der Waals surface area (Å²) < 4.78 is 24.1. The van der Waals surface area contributed by atoms with Gasteiger partial charge < -0.3 is 17.1 Å². The lowest BCUT2D eigenvalue weighted by Gasteiger charge is -2.39. The van der Waals surface area contributed by atoms with E-state index in [1.165, 1.54) is 0 Å². The summed E-state index contributed by atoms with van der Waals surface area (Å²) in [6.07, 6.45) is 0. The first-order chi connectivity index (χ1) is 9.80. The molecule has 130 valence electrons. The molecule has 0 bridgehead atoms. The SMILES string of the molecule is C=C(C)C(=O)OCC[Si](O[SiH2]C)(O[Si](C)(C)C)O[Si](C)(C)C. The summed E-state index contributed by atoms with van der Waals surface area (Å²) in [5, 5.41) is 0. The predicted molar refractivity (Wildman–Crippen MR) is 101 cm³/mol. The highest BCUT2D eigenvalue weighted by Gasteiger charge is 2.47. The highest BCUT2D eigenvalue weighted by atomic mass is 28.5. The maximum Gasteiger partial charge on any atom is 0.472 e. The Morgan fingerprint density at radius 3 is 1.82 bits per heavy atom. The second-order valence-corrected chi connectivity index (χ2v) is 20.9. The van der Waals surface area contributed by atoms with Crippen molar-refractivity contribution in [1.29, 1.82) is 0 Å². The maximum absolute atomic E-state index is 11.6. The van der Waals surface area contributed by atoms with Crippen LogP contribution in [0.5, 0.6) is 0 Å². The number of hydrogen-bond donors (Lipinski definition) is 0. The van der Waals surface area contributed by atoms with Crippen molar-refractivity contribution >= 4 is 41.2 Å². The van der Waals surface area contributed by atoms with Crippen molar-refractivity contribution in [2.24, 2.45) is 0 Å². The molecule has 5 nitrogen and oxygen atoms in total. The molecule has 0 unspecified atom stereocenters. The van der Waals surface area contributed by atoms with E-state index in [4.69, 9.17) is 17.1 Å². The van der Waals surface area contributed by atoms with E-state index in [0.717, 1.165) is 0 Å². The standard InChI is InChI=1S/C13H32O5Si4/c1-12(2)13(14)15-10-11-22(16-19-3,17-20(4,5)6)18-21(7,8)9/h1,10-11,19H2,2-9H3. The quantitative estimate of drug-likeness (QED) is 0.331. The van der Waals surface area contributed by atoms with Gasteiger partial charge in [0, 0.05) is 11.6 Å². The third-order valence-corrected chi connectivity index (χ3v) is 13.4. The fourth-order valence-electron chi connectivity index (χ4n) is 1.80. The highest BCUT2D eigenvalue weighted by molar-refractivity contribution is 6.86. The van der Waals surface area contributed by atoms with Gasteiger partial charge in [-0.15, -0.1) is 0 Å². The second kappa shape index (κ2) is 8.71. The number of carbonyl (C=O) groups excluding carboxylic acids is 1. The first-order valence-electron chi connectivity index (χ1n) is 7.67. The summed E-state index contributed by atoms with van der Waals surface area (Å²) in [5.74, 6) is -0.377. The Labute approximate surface area is 141 Å². The van der Waals surface area contributed by atoms with Crippen molar-refractivity contribution < 1.29 is 21.9 Å². The Hall–Kier alpha value is -0.0425. The van der Waals surface area contributed by atoms with Crippen LogP contribution in [0.25, 0.3) is 0 Å². The number of esters is 1. The zero-order chi connectivity index (χ0) is 17.6. The van der Waals surface area contributed by atoms with E-state index in [2.05, 4.69) is 52.4 Å². The molecular formula is C13H32O5Si4. The summed E-state index contributed by atoms with van der Waals surface area (Å²) in [6, 6.07) is 0.515. The van der Waals surface area contributed by atoms with Gasteiger partial charge in [-0.3, -0.25) is 0 Å². The fraction of sp³-hybridized carbons (Fsp3) is 0.769. The zero-order valence-corrected chi connectivity index (χ0v) is 19.8. The molecule has 0 fully saturated rings. The predicted octanol–water partition coefficient (Wildman–Crippen LogP) is 2.90. The topological polar surface area (TPSA) is 54.0 Å². The molecule has 22 heavy (non-hydrogen) atoms. The van der Waals surface area contributed by atoms with Crippen molar-refractivity contribution in [3.63, 3.8) is 0 Å². The number of hydrogen-bond acceptors (Lipinski definition) is 5. The van der Waals surface area contributed by atoms with E-state index in [1.54, 1.807) is 6.92 Å². The van der Waals surface area contributed by atoms with Crippen LogP contribution in [-0.2, 0) is 21.9 Å². The van der Waals surface area contributed by atoms with E-state index < -0.39 is 35.2 Å².